The molecule has 0 saturated heterocycles. The van der Waals surface area contributed by atoms with Crippen LogP contribution in [0.2, 0.25) is 0 Å². The third kappa shape index (κ3) is 1.83. The number of hydrogen-bond donors (Lipinski definition) is 1. The molecule has 2 N–H and O–H groups in total. The molecule has 0 heterocycles. The van der Waals surface area contributed by atoms with E-state index in [1.807, 2.05) is 0 Å². The van der Waals surface area contributed by atoms with Gasteiger partial charge in [0.2, 0.25) is 0 Å². The summed E-state index contributed by atoms with van der Waals surface area (Å²) in [6, 6.07) is 0.449. The number of nitrogens with two attached hydrogens (primary N) is 1. The molecule has 0 bridgehead atoms. The van der Waals surface area contributed by atoms with Gasteiger partial charge in [0, 0.05) is 6.04 Å². The maximum atomic E-state index is 5.76. The van der Waals surface area contributed by atoms with Gasteiger partial charge in [-0.3, -0.25) is 0 Å². The summed E-state index contributed by atoms with van der Waals surface area (Å²) in [6.45, 7) is 2.20. The van der Waals surface area contributed by atoms with Crippen LogP contribution in [0.15, 0.2) is 11.6 Å². The molecular weight excluding hydrogens is 110 g/mol. The van der Waals surface area contributed by atoms with Crippen LogP contribution in [0.4, 0.5) is 0 Å². The number of hydrogen-bond acceptors (Lipinski definition) is 1. The zero-order valence-corrected chi connectivity index (χ0v) is 6.06. The van der Waals surface area contributed by atoms with Crippen molar-refractivity contribution in [1.82, 2.24) is 0 Å². The first-order valence-electron chi connectivity index (χ1n) is 3.76. The predicted octanol–water partition coefficient (Wildman–Crippen LogP) is 1.83. The van der Waals surface area contributed by atoms with E-state index in [0.717, 1.165) is 6.42 Å². The molecule has 0 amide bonds. The van der Waals surface area contributed by atoms with Gasteiger partial charge in [0.05, 0.1) is 0 Å². The van der Waals surface area contributed by atoms with Crippen LogP contribution in [-0.4, -0.2) is 6.04 Å². The molecule has 1 aliphatic rings. The van der Waals surface area contributed by atoms with E-state index in [4.69, 9.17) is 5.73 Å². The van der Waals surface area contributed by atoms with Crippen LogP contribution < -0.4 is 5.73 Å². The number of rotatable bonds is 1. The Labute approximate surface area is 56.9 Å². The fraction of sp³-hybridized carbons (Fsp3) is 0.750. The first-order chi connectivity index (χ1) is 4.33. The van der Waals surface area contributed by atoms with Gasteiger partial charge in [0.25, 0.3) is 0 Å². The Kier molecular flexibility index (Phi) is 2.29. The molecule has 0 aliphatic heterocycles. The Balaban J connectivity index is 2.43. The van der Waals surface area contributed by atoms with Gasteiger partial charge in [-0.1, -0.05) is 18.6 Å². The van der Waals surface area contributed by atoms with E-state index < -0.39 is 0 Å². The fourth-order valence-electron chi connectivity index (χ4n) is 1.31. The summed E-state index contributed by atoms with van der Waals surface area (Å²) in [5, 5.41) is 0. The second-order valence-electron chi connectivity index (χ2n) is 2.76. The Morgan fingerprint density at radius 3 is 3.00 bits per heavy atom. The van der Waals surface area contributed by atoms with E-state index in [0.29, 0.717) is 6.04 Å². The van der Waals surface area contributed by atoms with Crippen molar-refractivity contribution >= 4 is 0 Å². The topological polar surface area (TPSA) is 26.0 Å². The lowest BCUT2D eigenvalue weighted by Gasteiger charge is -2.17. The van der Waals surface area contributed by atoms with Gasteiger partial charge in [-0.05, 0) is 25.7 Å². The second-order valence-corrected chi connectivity index (χ2v) is 2.76. The predicted molar refractivity (Wildman–Crippen MR) is 40.2 cm³/mol. The van der Waals surface area contributed by atoms with Crippen molar-refractivity contribution in [2.45, 2.75) is 38.6 Å². The molecule has 0 aromatic heterocycles. The largest absolute Gasteiger partial charge is 0.327 e. The lowest BCUT2D eigenvalue weighted by Crippen LogP contribution is -2.22. The average molecular weight is 125 g/mol. The maximum Gasteiger partial charge on any atom is 0.00790 e. The summed E-state index contributed by atoms with van der Waals surface area (Å²) in [4.78, 5) is 0. The van der Waals surface area contributed by atoms with Gasteiger partial charge < -0.3 is 5.73 Å². The highest BCUT2D eigenvalue weighted by atomic mass is 14.6. The van der Waals surface area contributed by atoms with E-state index in [2.05, 4.69) is 13.0 Å². The minimum atomic E-state index is 0.449. The lowest BCUT2D eigenvalue weighted by atomic mass is 9.94. The summed E-state index contributed by atoms with van der Waals surface area (Å²) < 4.78 is 0. The molecule has 1 atom stereocenters. The molecule has 1 heteroatoms. The Bertz CT molecular complexity index is 116. The normalized spacial score (nSPS) is 27.8. The molecule has 0 aromatic carbocycles. The van der Waals surface area contributed by atoms with E-state index >= 15 is 0 Å². The second kappa shape index (κ2) is 3.02. The van der Waals surface area contributed by atoms with Crippen molar-refractivity contribution in [2.24, 2.45) is 5.73 Å². The summed E-state index contributed by atoms with van der Waals surface area (Å²) in [6.07, 6.45) is 7.04. The van der Waals surface area contributed by atoms with Crippen molar-refractivity contribution in [3.8, 4) is 0 Å². The highest BCUT2D eigenvalue weighted by molar-refractivity contribution is 5.07. The van der Waals surface area contributed by atoms with Crippen LogP contribution in [0.25, 0.3) is 0 Å². The third-order valence-electron chi connectivity index (χ3n) is 1.95. The van der Waals surface area contributed by atoms with Crippen LogP contribution in [0.1, 0.15) is 32.6 Å². The molecule has 0 spiro atoms. The van der Waals surface area contributed by atoms with Gasteiger partial charge in [0.15, 0.2) is 0 Å². The Hall–Kier alpha value is -0.300. The molecule has 9 heavy (non-hydrogen) atoms. The van der Waals surface area contributed by atoms with Gasteiger partial charge in [-0.15, -0.1) is 0 Å². The fourth-order valence-corrected chi connectivity index (χ4v) is 1.31. The molecule has 52 valence electrons. The quantitative estimate of drug-likeness (QED) is 0.532. The highest BCUT2D eigenvalue weighted by Gasteiger charge is 2.08. The Morgan fingerprint density at radius 1 is 1.78 bits per heavy atom. The van der Waals surface area contributed by atoms with Crippen molar-refractivity contribution in [3.05, 3.63) is 11.6 Å². The van der Waals surface area contributed by atoms with Crippen molar-refractivity contribution < 1.29 is 0 Å². The maximum absolute atomic E-state index is 5.76. The zero-order valence-electron chi connectivity index (χ0n) is 6.06. The molecule has 1 unspecified atom stereocenters. The van der Waals surface area contributed by atoms with E-state index in [-0.39, 0.29) is 0 Å². The summed E-state index contributed by atoms with van der Waals surface area (Å²) in [7, 11) is 0. The van der Waals surface area contributed by atoms with E-state index in [1.165, 1.54) is 19.3 Å². The molecule has 1 aliphatic carbocycles. The van der Waals surface area contributed by atoms with E-state index in [1.54, 1.807) is 5.57 Å². The standard InChI is InChI=1S/C8H15N/c1-2-7-4-3-5-8(9)6-7/h4,8H,2-3,5-6,9H2,1H3. The third-order valence-corrected chi connectivity index (χ3v) is 1.95. The van der Waals surface area contributed by atoms with Crippen LogP contribution in [0.5, 0.6) is 0 Å². The summed E-state index contributed by atoms with van der Waals surface area (Å²) in [5.74, 6) is 0. The van der Waals surface area contributed by atoms with Crippen molar-refractivity contribution in [2.75, 3.05) is 0 Å². The SMILES string of the molecule is CCC1=CCCC(N)C1. The molecule has 0 radical (unpaired) electrons. The summed E-state index contributed by atoms with van der Waals surface area (Å²) >= 11 is 0. The minimum Gasteiger partial charge on any atom is -0.327 e. The number of allylic oxidation sites excluding steroid dienone is 1. The first-order valence-corrected chi connectivity index (χ1v) is 3.76. The van der Waals surface area contributed by atoms with Crippen molar-refractivity contribution in [1.29, 1.82) is 0 Å². The minimum absolute atomic E-state index is 0.449. The van der Waals surface area contributed by atoms with Crippen LogP contribution in [0, 0.1) is 0 Å². The molecule has 0 saturated carbocycles. The average Bonchev–Trinajstić information content (AvgIpc) is 1.88. The molecule has 1 rings (SSSR count). The molecule has 1 nitrogen and oxygen atoms in total. The highest BCUT2D eigenvalue weighted by Crippen LogP contribution is 2.18. The molecular formula is C8H15N. The lowest BCUT2D eigenvalue weighted by molar-refractivity contribution is 0.577. The van der Waals surface area contributed by atoms with Gasteiger partial charge >= 0.3 is 0 Å². The van der Waals surface area contributed by atoms with E-state index in [9.17, 15) is 0 Å². The van der Waals surface area contributed by atoms with Gasteiger partial charge in [-0.2, -0.15) is 0 Å². The smallest absolute Gasteiger partial charge is 0.00790 e. The monoisotopic (exact) mass is 125 g/mol. The van der Waals surface area contributed by atoms with Crippen LogP contribution in [0.3, 0.4) is 0 Å². The zero-order chi connectivity index (χ0) is 6.69. The Morgan fingerprint density at radius 2 is 2.56 bits per heavy atom. The van der Waals surface area contributed by atoms with Gasteiger partial charge in [0.1, 0.15) is 0 Å². The first kappa shape index (κ1) is 6.81. The van der Waals surface area contributed by atoms with Crippen molar-refractivity contribution in [3.63, 3.8) is 0 Å². The van der Waals surface area contributed by atoms with Gasteiger partial charge in [-0.25, -0.2) is 0 Å². The molecule has 0 aromatic rings. The summed E-state index contributed by atoms with van der Waals surface area (Å²) in [5.41, 5.74) is 7.31. The molecule has 0 fully saturated rings. The van der Waals surface area contributed by atoms with Crippen LogP contribution >= 0.6 is 0 Å². The van der Waals surface area contributed by atoms with Crippen LogP contribution in [-0.2, 0) is 0 Å².